The molecule has 0 bridgehead atoms. The van der Waals surface area contributed by atoms with Crippen molar-refractivity contribution in [1.29, 1.82) is 0 Å². The molecule has 3 heterocycles. The number of hydrogen-bond acceptors (Lipinski definition) is 5. The number of alkyl halides is 1. The zero-order valence-electron chi connectivity index (χ0n) is 17.8. The van der Waals surface area contributed by atoms with Crippen LogP contribution in [-0.4, -0.2) is 64.8 Å². The molecule has 2 aliphatic heterocycles. The van der Waals surface area contributed by atoms with Gasteiger partial charge in [0.2, 0.25) is 0 Å². The summed E-state index contributed by atoms with van der Waals surface area (Å²) in [4.78, 5) is 25.0. The number of hydrogen-bond donors (Lipinski definition) is 1. The zero-order chi connectivity index (χ0) is 21.6. The summed E-state index contributed by atoms with van der Waals surface area (Å²) in [6, 6.07) is 5.26. The average Bonchev–Trinajstić information content (AvgIpc) is 3.31. The van der Waals surface area contributed by atoms with Gasteiger partial charge in [0.1, 0.15) is 17.8 Å². The highest BCUT2D eigenvalue weighted by atomic mass is 35.5. The van der Waals surface area contributed by atoms with Crippen LogP contribution in [0.1, 0.15) is 47.7 Å². The number of imidazole rings is 1. The molecule has 0 radical (unpaired) electrons. The number of fused-ring (bicyclic) bond motifs is 1. The first-order chi connectivity index (χ1) is 15.2. The second-order valence-corrected chi connectivity index (χ2v) is 8.29. The van der Waals surface area contributed by atoms with Gasteiger partial charge in [-0.15, -0.1) is 11.6 Å². The molecular formula is C23H29ClN4O3. The molecule has 1 aromatic heterocycles. The standard InChI is InChI=1S/C23H29ClN4O3/c1-30-19-6-7-22-20(11-19)23(29)28(18(12-24)15-31-22)10-3-2-8-27-9-4-5-17(14-27)21-13-25-16-26-21/h6-7,11,13,15-17H,2-5,8-10,12,14H2,1H3,(H,25,26). The van der Waals surface area contributed by atoms with Gasteiger partial charge in [0.15, 0.2) is 0 Å². The SMILES string of the molecule is COc1ccc2c(c1)C(=O)N(CCCCN1CCCC(c3c[nH]cn3)C1)C(CCl)=CO2. The van der Waals surface area contributed by atoms with Crippen molar-refractivity contribution in [3.05, 3.63) is 53.9 Å². The van der Waals surface area contributed by atoms with Crippen LogP contribution in [0.15, 0.2) is 42.7 Å². The number of halogens is 1. The number of ether oxygens (including phenoxy) is 2. The maximum atomic E-state index is 13.2. The summed E-state index contributed by atoms with van der Waals surface area (Å²) in [5, 5.41) is 0. The minimum atomic E-state index is -0.102. The normalized spacial score (nSPS) is 19.4. The van der Waals surface area contributed by atoms with Crippen LogP contribution in [0.25, 0.3) is 0 Å². The van der Waals surface area contributed by atoms with E-state index >= 15 is 0 Å². The van der Waals surface area contributed by atoms with Crippen molar-refractivity contribution in [2.75, 3.05) is 39.2 Å². The number of aromatic amines is 1. The zero-order valence-corrected chi connectivity index (χ0v) is 18.6. The first-order valence-electron chi connectivity index (χ1n) is 10.8. The molecular weight excluding hydrogens is 416 g/mol. The Hall–Kier alpha value is -2.51. The van der Waals surface area contributed by atoms with Crippen molar-refractivity contribution in [3.8, 4) is 11.5 Å². The van der Waals surface area contributed by atoms with Crippen molar-refractivity contribution in [2.45, 2.75) is 31.6 Å². The quantitative estimate of drug-likeness (QED) is 0.492. The van der Waals surface area contributed by atoms with E-state index < -0.39 is 0 Å². The number of H-pyrrole nitrogens is 1. The van der Waals surface area contributed by atoms with Gasteiger partial charge in [-0.3, -0.25) is 4.79 Å². The number of nitrogens with one attached hydrogen (secondary N) is 1. The lowest BCUT2D eigenvalue weighted by atomic mass is 9.95. The monoisotopic (exact) mass is 444 g/mol. The largest absolute Gasteiger partial charge is 0.497 e. The Kier molecular flexibility index (Phi) is 7.14. The van der Waals surface area contributed by atoms with Crippen LogP contribution >= 0.6 is 11.6 Å². The second kappa shape index (κ2) is 10.2. The molecule has 1 aromatic carbocycles. The number of unbranched alkanes of at least 4 members (excludes halogenated alkanes) is 1. The molecule has 0 saturated carbocycles. The predicted octanol–water partition coefficient (Wildman–Crippen LogP) is 3.99. The smallest absolute Gasteiger partial charge is 0.262 e. The number of benzene rings is 1. The summed E-state index contributed by atoms with van der Waals surface area (Å²) >= 11 is 6.13. The number of piperidine rings is 1. The van der Waals surface area contributed by atoms with Crippen LogP contribution in [0.5, 0.6) is 11.5 Å². The topological polar surface area (TPSA) is 70.7 Å². The Labute approximate surface area is 188 Å². The van der Waals surface area contributed by atoms with Crippen molar-refractivity contribution in [2.24, 2.45) is 0 Å². The van der Waals surface area contributed by atoms with Crippen molar-refractivity contribution >= 4 is 17.5 Å². The maximum Gasteiger partial charge on any atom is 0.262 e. The minimum Gasteiger partial charge on any atom is -0.497 e. The summed E-state index contributed by atoms with van der Waals surface area (Å²) in [6.45, 7) is 3.79. The molecule has 7 nitrogen and oxygen atoms in total. The van der Waals surface area contributed by atoms with Crippen LogP contribution in [0.3, 0.4) is 0 Å². The first-order valence-corrected chi connectivity index (χ1v) is 11.4. The van der Waals surface area contributed by atoms with Gasteiger partial charge < -0.3 is 24.3 Å². The molecule has 1 atom stereocenters. The van der Waals surface area contributed by atoms with Crippen LogP contribution in [-0.2, 0) is 0 Å². The Morgan fingerprint density at radius 3 is 2.97 bits per heavy atom. The van der Waals surface area contributed by atoms with Crippen LogP contribution in [0.4, 0.5) is 0 Å². The lowest BCUT2D eigenvalue weighted by molar-refractivity contribution is 0.0804. The number of rotatable bonds is 8. The third-order valence-corrected chi connectivity index (χ3v) is 6.29. The molecule has 1 amide bonds. The Balaban J connectivity index is 1.34. The molecule has 31 heavy (non-hydrogen) atoms. The first kappa shape index (κ1) is 21.7. The molecule has 1 fully saturated rings. The molecule has 1 saturated heterocycles. The van der Waals surface area contributed by atoms with E-state index in [0.717, 1.165) is 38.2 Å². The molecule has 1 N–H and O–H groups in total. The van der Waals surface area contributed by atoms with E-state index in [2.05, 4.69) is 14.9 Å². The van der Waals surface area contributed by atoms with E-state index in [1.54, 1.807) is 42.8 Å². The van der Waals surface area contributed by atoms with E-state index in [1.807, 2.05) is 6.20 Å². The minimum absolute atomic E-state index is 0.102. The fraction of sp³-hybridized carbons (Fsp3) is 0.478. The Morgan fingerprint density at radius 2 is 2.19 bits per heavy atom. The van der Waals surface area contributed by atoms with Gasteiger partial charge >= 0.3 is 0 Å². The summed E-state index contributed by atoms with van der Waals surface area (Å²) in [7, 11) is 1.58. The highest BCUT2D eigenvalue weighted by Crippen LogP contribution is 2.30. The van der Waals surface area contributed by atoms with Crippen molar-refractivity contribution < 1.29 is 14.3 Å². The number of carbonyl (C=O) groups excluding carboxylic acids is 1. The van der Waals surface area contributed by atoms with Crippen LogP contribution < -0.4 is 9.47 Å². The number of amides is 1. The Bertz CT molecular complexity index is 916. The van der Waals surface area contributed by atoms with E-state index in [1.165, 1.54) is 12.8 Å². The van der Waals surface area contributed by atoms with Gasteiger partial charge in [-0.25, -0.2) is 4.98 Å². The fourth-order valence-electron chi connectivity index (χ4n) is 4.33. The number of methoxy groups -OCH3 is 1. The summed E-state index contributed by atoms with van der Waals surface area (Å²) < 4.78 is 11.0. The number of allylic oxidation sites excluding steroid dienone is 1. The number of carbonyl (C=O) groups is 1. The highest BCUT2D eigenvalue weighted by Gasteiger charge is 2.27. The van der Waals surface area contributed by atoms with Gasteiger partial charge in [0, 0.05) is 25.2 Å². The van der Waals surface area contributed by atoms with E-state index in [4.69, 9.17) is 21.1 Å². The lowest BCUT2D eigenvalue weighted by Gasteiger charge is -2.32. The maximum absolute atomic E-state index is 13.2. The van der Waals surface area contributed by atoms with E-state index in [0.29, 0.717) is 35.2 Å². The molecule has 8 heteroatoms. The van der Waals surface area contributed by atoms with Crippen molar-refractivity contribution in [1.82, 2.24) is 19.8 Å². The highest BCUT2D eigenvalue weighted by molar-refractivity contribution is 6.19. The third kappa shape index (κ3) is 5.05. The average molecular weight is 445 g/mol. The fourth-order valence-corrected chi connectivity index (χ4v) is 4.53. The number of nitrogens with zero attached hydrogens (tertiary/aromatic N) is 3. The molecule has 1 unspecified atom stereocenters. The summed E-state index contributed by atoms with van der Waals surface area (Å²) in [6.07, 6.45) is 9.64. The third-order valence-electron chi connectivity index (χ3n) is 6.02. The molecule has 166 valence electrons. The van der Waals surface area contributed by atoms with Gasteiger partial charge in [-0.2, -0.15) is 0 Å². The number of aromatic nitrogens is 2. The van der Waals surface area contributed by atoms with E-state index in [9.17, 15) is 4.79 Å². The van der Waals surface area contributed by atoms with Gasteiger partial charge in [0.05, 0.1) is 36.3 Å². The van der Waals surface area contributed by atoms with Gasteiger partial charge in [-0.05, 0) is 57.0 Å². The molecule has 0 spiro atoms. The Morgan fingerprint density at radius 1 is 1.32 bits per heavy atom. The second-order valence-electron chi connectivity index (χ2n) is 8.02. The van der Waals surface area contributed by atoms with E-state index in [-0.39, 0.29) is 11.8 Å². The predicted molar refractivity (Wildman–Crippen MR) is 120 cm³/mol. The summed E-state index contributed by atoms with van der Waals surface area (Å²) in [5.74, 6) is 1.76. The lowest BCUT2D eigenvalue weighted by Crippen LogP contribution is -2.36. The van der Waals surface area contributed by atoms with Gasteiger partial charge in [0.25, 0.3) is 5.91 Å². The molecule has 2 aliphatic rings. The van der Waals surface area contributed by atoms with Crippen LogP contribution in [0.2, 0.25) is 0 Å². The summed E-state index contributed by atoms with van der Waals surface area (Å²) in [5.41, 5.74) is 2.33. The van der Waals surface area contributed by atoms with Crippen LogP contribution in [0, 0.1) is 0 Å². The molecule has 2 aromatic rings. The van der Waals surface area contributed by atoms with Crippen molar-refractivity contribution in [3.63, 3.8) is 0 Å². The number of likely N-dealkylation sites (tertiary alicyclic amines) is 1. The van der Waals surface area contributed by atoms with Gasteiger partial charge in [-0.1, -0.05) is 0 Å². The molecule has 4 rings (SSSR count). The molecule has 0 aliphatic carbocycles.